The molecule has 18 heavy (non-hydrogen) atoms. The number of benzene rings is 2. The Bertz CT molecular complexity index is 513. The van der Waals surface area contributed by atoms with Crippen molar-refractivity contribution in [2.24, 2.45) is 0 Å². The molecule has 0 aliphatic rings. The van der Waals surface area contributed by atoms with Crippen molar-refractivity contribution < 1.29 is 13.9 Å². The van der Waals surface area contributed by atoms with Crippen LogP contribution >= 0.6 is 0 Å². The second-order valence-electron chi connectivity index (χ2n) is 3.91. The molecule has 0 heterocycles. The summed E-state index contributed by atoms with van der Waals surface area (Å²) < 4.78 is 26.3. The quantitative estimate of drug-likeness (QED) is 0.872. The van der Waals surface area contributed by atoms with E-state index in [2.05, 4.69) is 5.32 Å². The Kier molecular flexibility index (Phi) is 3.89. The predicted octanol–water partition coefficient (Wildman–Crippen LogP) is 3.11. The first kappa shape index (κ1) is 12.5. The van der Waals surface area contributed by atoms with Gasteiger partial charge in [0, 0.05) is 11.3 Å². The zero-order valence-corrected chi connectivity index (χ0v) is 9.61. The summed E-state index contributed by atoms with van der Waals surface area (Å²) in [5.41, 5.74) is 1.00. The highest BCUT2D eigenvalue weighted by molar-refractivity contribution is 5.45. The lowest BCUT2D eigenvalue weighted by atomic mass is 10.1. The summed E-state index contributed by atoms with van der Waals surface area (Å²) in [6.07, 6.45) is 0. The maximum atomic E-state index is 13.6. The highest BCUT2D eigenvalue weighted by atomic mass is 19.1. The molecule has 0 radical (unpaired) electrons. The first-order valence-electron chi connectivity index (χ1n) is 5.58. The third-order valence-corrected chi connectivity index (χ3v) is 2.65. The molecule has 0 saturated heterocycles. The fraction of sp³-hybridized carbons (Fsp3) is 0.143. The molecule has 2 aromatic carbocycles. The second-order valence-corrected chi connectivity index (χ2v) is 3.91. The fourth-order valence-corrected chi connectivity index (χ4v) is 1.73. The van der Waals surface area contributed by atoms with Gasteiger partial charge in [-0.3, -0.25) is 0 Å². The summed E-state index contributed by atoms with van der Waals surface area (Å²) in [5, 5.41) is 12.3. The molecule has 2 aromatic rings. The van der Waals surface area contributed by atoms with E-state index in [4.69, 9.17) is 0 Å². The van der Waals surface area contributed by atoms with Crippen LogP contribution in [0.25, 0.3) is 0 Å². The van der Waals surface area contributed by atoms with Crippen molar-refractivity contribution in [2.75, 3.05) is 11.9 Å². The standard InChI is InChI=1S/C14H13F2NO/c15-10-5-7-11(8-6-10)17-14(9-18)12-3-1-2-4-13(12)16/h1-8,14,17-18H,9H2. The molecule has 0 aliphatic heterocycles. The number of aliphatic hydroxyl groups is 1. The molecule has 2 nitrogen and oxygen atoms in total. The number of nitrogens with one attached hydrogen (secondary N) is 1. The molecular formula is C14H13F2NO. The lowest BCUT2D eigenvalue weighted by Crippen LogP contribution is -2.16. The summed E-state index contributed by atoms with van der Waals surface area (Å²) >= 11 is 0. The molecule has 2 N–H and O–H groups in total. The van der Waals surface area contributed by atoms with Gasteiger partial charge in [0.2, 0.25) is 0 Å². The third kappa shape index (κ3) is 2.84. The van der Waals surface area contributed by atoms with Gasteiger partial charge in [-0.1, -0.05) is 18.2 Å². The molecule has 0 aliphatic carbocycles. The summed E-state index contributed by atoms with van der Waals surface area (Å²) in [7, 11) is 0. The van der Waals surface area contributed by atoms with Gasteiger partial charge >= 0.3 is 0 Å². The van der Waals surface area contributed by atoms with Gasteiger partial charge in [-0.2, -0.15) is 0 Å². The first-order chi connectivity index (χ1) is 8.70. The number of hydrogen-bond donors (Lipinski definition) is 2. The smallest absolute Gasteiger partial charge is 0.128 e. The van der Waals surface area contributed by atoms with Crippen LogP contribution in [0.4, 0.5) is 14.5 Å². The van der Waals surface area contributed by atoms with Gasteiger partial charge < -0.3 is 10.4 Å². The van der Waals surface area contributed by atoms with E-state index in [1.54, 1.807) is 30.3 Å². The molecule has 0 bridgehead atoms. The number of aliphatic hydroxyl groups excluding tert-OH is 1. The molecule has 0 amide bonds. The summed E-state index contributed by atoms with van der Waals surface area (Å²) in [5.74, 6) is -0.724. The van der Waals surface area contributed by atoms with Gasteiger partial charge in [0.05, 0.1) is 12.6 Å². The van der Waals surface area contributed by atoms with E-state index in [1.165, 1.54) is 18.2 Å². The van der Waals surface area contributed by atoms with Crippen LogP contribution in [0.5, 0.6) is 0 Å². The maximum absolute atomic E-state index is 13.6. The predicted molar refractivity (Wildman–Crippen MR) is 66.2 cm³/mol. The van der Waals surface area contributed by atoms with Crippen molar-refractivity contribution >= 4 is 5.69 Å². The van der Waals surface area contributed by atoms with Crippen LogP contribution in [0.2, 0.25) is 0 Å². The number of halogens is 2. The average Bonchev–Trinajstić information content (AvgIpc) is 2.39. The minimum atomic E-state index is -0.559. The van der Waals surface area contributed by atoms with Crippen molar-refractivity contribution in [3.8, 4) is 0 Å². The van der Waals surface area contributed by atoms with Gasteiger partial charge in [0.25, 0.3) is 0 Å². The molecule has 0 fully saturated rings. The molecular weight excluding hydrogens is 236 g/mol. The highest BCUT2D eigenvalue weighted by Crippen LogP contribution is 2.21. The minimum Gasteiger partial charge on any atom is -0.394 e. The number of rotatable bonds is 4. The maximum Gasteiger partial charge on any atom is 0.128 e. The van der Waals surface area contributed by atoms with E-state index in [0.717, 1.165) is 0 Å². The topological polar surface area (TPSA) is 32.3 Å². The average molecular weight is 249 g/mol. The largest absolute Gasteiger partial charge is 0.394 e. The SMILES string of the molecule is OCC(Nc1ccc(F)cc1)c1ccccc1F. The van der Waals surface area contributed by atoms with Crippen molar-refractivity contribution in [1.29, 1.82) is 0 Å². The Hall–Kier alpha value is -1.94. The summed E-state index contributed by atoms with van der Waals surface area (Å²) in [6, 6.07) is 11.4. The van der Waals surface area contributed by atoms with Crippen molar-refractivity contribution in [2.45, 2.75) is 6.04 Å². The van der Waals surface area contributed by atoms with Crippen LogP contribution in [-0.4, -0.2) is 11.7 Å². The Morgan fingerprint density at radius 3 is 2.28 bits per heavy atom. The molecule has 2 rings (SSSR count). The van der Waals surface area contributed by atoms with E-state index in [-0.39, 0.29) is 18.2 Å². The molecule has 1 atom stereocenters. The lowest BCUT2D eigenvalue weighted by molar-refractivity contribution is 0.274. The van der Waals surface area contributed by atoms with E-state index in [9.17, 15) is 13.9 Å². The summed E-state index contributed by atoms with van der Waals surface area (Å²) in [6.45, 7) is -0.252. The van der Waals surface area contributed by atoms with Crippen molar-refractivity contribution in [1.82, 2.24) is 0 Å². The normalized spacial score (nSPS) is 12.2. The van der Waals surface area contributed by atoms with Crippen LogP contribution in [0.3, 0.4) is 0 Å². The van der Waals surface area contributed by atoms with Crippen molar-refractivity contribution in [3.05, 3.63) is 65.7 Å². The second kappa shape index (κ2) is 5.60. The Balaban J connectivity index is 2.20. The van der Waals surface area contributed by atoms with E-state index in [1.807, 2.05) is 0 Å². The van der Waals surface area contributed by atoms with E-state index < -0.39 is 6.04 Å². The minimum absolute atomic E-state index is 0.252. The number of hydrogen-bond acceptors (Lipinski definition) is 2. The van der Waals surface area contributed by atoms with Gasteiger partial charge in [-0.15, -0.1) is 0 Å². The zero-order chi connectivity index (χ0) is 13.0. The lowest BCUT2D eigenvalue weighted by Gasteiger charge is -2.18. The molecule has 0 saturated carbocycles. The Morgan fingerprint density at radius 1 is 1.00 bits per heavy atom. The van der Waals surface area contributed by atoms with Gasteiger partial charge in [-0.25, -0.2) is 8.78 Å². The Labute approximate surface area is 104 Å². The van der Waals surface area contributed by atoms with Crippen molar-refractivity contribution in [3.63, 3.8) is 0 Å². The van der Waals surface area contributed by atoms with E-state index in [0.29, 0.717) is 11.3 Å². The third-order valence-electron chi connectivity index (χ3n) is 2.65. The monoisotopic (exact) mass is 249 g/mol. The Morgan fingerprint density at radius 2 is 1.67 bits per heavy atom. The molecule has 0 aromatic heterocycles. The van der Waals surface area contributed by atoms with Crippen LogP contribution in [0.1, 0.15) is 11.6 Å². The molecule has 0 spiro atoms. The molecule has 94 valence electrons. The van der Waals surface area contributed by atoms with Crippen LogP contribution in [-0.2, 0) is 0 Å². The van der Waals surface area contributed by atoms with E-state index >= 15 is 0 Å². The zero-order valence-electron chi connectivity index (χ0n) is 9.61. The summed E-state index contributed by atoms with van der Waals surface area (Å²) in [4.78, 5) is 0. The molecule has 1 unspecified atom stereocenters. The first-order valence-corrected chi connectivity index (χ1v) is 5.58. The highest BCUT2D eigenvalue weighted by Gasteiger charge is 2.14. The van der Waals surface area contributed by atoms with Crippen LogP contribution in [0.15, 0.2) is 48.5 Å². The van der Waals surface area contributed by atoms with Gasteiger partial charge in [0.15, 0.2) is 0 Å². The van der Waals surface area contributed by atoms with Gasteiger partial charge in [0.1, 0.15) is 11.6 Å². The van der Waals surface area contributed by atoms with Crippen LogP contribution < -0.4 is 5.32 Å². The number of anilines is 1. The fourth-order valence-electron chi connectivity index (χ4n) is 1.73. The van der Waals surface area contributed by atoms with Crippen LogP contribution in [0, 0.1) is 11.6 Å². The van der Waals surface area contributed by atoms with Gasteiger partial charge in [-0.05, 0) is 30.3 Å². The molecule has 4 heteroatoms.